The summed E-state index contributed by atoms with van der Waals surface area (Å²) in [5, 5.41) is 0. The van der Waals surface area contributed by atoms with Gasteiger partial charge in [0.2, 0.25) is 0 Å². The first kappa shape index (κ1) is 11.7. The van der Waals surface area contributed by atoms with Gasteiger partial charge in [-0.1, -0.05) is 0 Å². The van der Waals surface area contributed by atoms with Crippen molar-refractivity contribution in [2.45, 2.75) is 5.92 Å². The van der Waals surface area contributed by atoms with Crippen LogP contribution < -0.4 is 0 Å². The SMILES string of the molecule is [Pt][C]1=C(c2ccccc2)C(c2ccccc2)C=C1. The quantitative estimate of drug-likeness (QED) is 0.690. The molecule has 0 fully saturated rings. The molecule has 18 heavy (non-hydrogen) atoms. The molecule has 2 aromatic carbocycles. The van der Waals surface area contributed by atoms with Crippen LogP contribution in [-0.2, 0) is 19.8 Å². The van der Waals surface area contributed by atoms with Gasteiger partial charge in [-0.25, -0.2) is 0 Å². The first-order chi connectivity index (χ1) is 8.86. The van der Waals surface area contributed by atoms with Crippen molar-refractivity contribution in [1.82, 2.24) is 0 Å². The predicted octanol–water partition coefficient (Wildman–Crippen LogP) is 4.30. The Morgan fingerprint density at radius 3 is 2.06 bits per heavy atom. The summed E-state index contributed by atoms with van der Waals surface area (Å²) in [6.45, 7) is 0. The zero-order valence-corrected chi connectivity index (χ0v) is 12.1. The molecule has 1 unspecified atom stereocenters. The van der Waals surface area contributed by atoms with Crippen molar-refractivity contribution < 1.29 is 19.8 Å². The Bertz CT molecular complexity index is 594. The minimum atomic E-state index is 0.390. The van der Waals surface area contributed by atoms with Crippen LogP contribution in [0.15, 0.2) is 76.8 Å². The summed E-state index contributed by atoms with van der Waals surface area (Å²) in [4.78, 5) is 0. The van der Waals surface area contributed by atoms with Crippen LogP contribution in [0.5, 0.6) is 0 Å². The van der Waals surface area contributed by atoms with E-state index in [1.807, 2.05) is 0 Å². The molecule has 0 N–H and O–H groups in total. The summed E-state index contributed by atoms with van der Waals surface area (Å²) in [7, 11) is 0. The summed E-state index contributed by atoms with van der Waals surface area (Å²) < 4.78 is 1.34. The van der Waals surface area contributed by atoms with Crippen LogP contribution in [0.2, 0.25) is 0 Å². The van der Waals surface area contributed by atoms with E-state index in [1.54, 1.807) is 0 Å². The fourth-order valence-electron chi connectivity index (χ4n) is 2.36. The van der Waals surface area contributed by atoms with Crippen molar-refractivity contribution in [3.8, 4) is 0 Å². The Morgan fingerprint density at radius 1 is 0.778 bits per heavy atom. The third-order valence-corrected chi connectivity index (χ3v) is 4.21. The molecule has 0 nitrogen and oxygen atoms in total. The molecule has 0 bridgehead atoms. The molecule has 1 aliphatic rings. The van der Waals surface area contributed by atoms with Gasteiger partial charge in [0.15, 0.2) is 0 Å². The first-order valence-electron chi connectivity index (χ1n) is 6.01. The Labute approximate surface area is 119 Å². The van der Waals surface area contributed by atoms with Crippen LogP contribution in [0.25, 0.3) is 5.57 Å². The van der Waals surface area contributed by atoms with Gasteiger partial charge >= 0.3 is 119 Å². The third kappa shape index (κ3) is 2.13. The van der Waals surface area contributed by atoms with E-state index in [1.165, 1.54) is 20.7 Å². The minimum absolute atomic E-state index is 0.390. The maximum absolute atomic E-state index is 2.41. The monoisotopic (exact) mass is 412 g/mol. The Balaban J connectivity index is 2.06. The Kier molecular flexibility index (Phi) is 3.30. The maximum atomic E-state index is 2.41. The molecule has 1 aliphatic carbocycles. The fraction of sp³-hybridized carbons (Fsp3) is 0.0588. The molecular formula is C17H13Pt. The van der Waals surface area contributed by atoms with Gasteiger partial charge in [-0.15, -0.1) is 0 Å². The molecule has 0 saturated carbocycles. The molecular weight excluding hydrogens is 399 g/mol. The van der Waals surface area contributed by atoms with Gasteiger partial charge < -0.3 is 0 Å². The van der Waals surface area contributed by atoms with E-state index in [0.29, 0.717) is 5.92 Å². The van der Waals surface area contributed by atoms with E-state index < -0.39 is 0 Å². The van der Waals surface area contributed by atoms with E-state index in [0.717, 1.165) is 0 Å². The second-order valence-corrected chi connectivity index (χ2v) is 5.57. The topological polar surface area (TPSA) is 0 Å². The number of hydrogen-bond donors (Lipinski definition) is 0. The summed E-state index contributed by atoms with van der Waals surface area (Å²) in [5.74, 6) is 0.390. The summed E-state index contributed by atoms with van der Waals surface area (Å²) in [6.07, 6.45) is 4.52. The number of hydrogen-bond acceptors (Lipinski definition) is 0. The van der Waals surface area contributed by atoms with Crippen LogP contribution in [0.1, 0.15) is 17.0 Å². The van der Waals surface area contributed by atoms with E-state index in [4.69, 9.17) is 0 Å². The van der Waals surface area contributed by atoms with E-state index in [2.05, 4.69) is 92.6 Å². The Morgan fingerprint density at radius 2 is 1.39 bits per heavy atom. The predicted molar refractivity (Wildman–Crippen MR) is 71.7 cm³/mol. The molecule has 1 atom stereocenters. The van der Waals surface area contributed by atoms with E-state index in [-0.39, 0.29) is 0 Å². The molecule has 0 aromatic heterocycles. The molecule has 1 heteroatoms. The fourth-order valence-corrected chi connectivity index (χ4v) is 3.26. The molecule has 3 rings (SSSR count). The third-order valence-electron chi connectivity index (χ3n) is 3.22. The van der Waals surface area contributed by atoms with Gasteiger partial charge in [-0.05, 0) is 0 Å². The van der Waals surface area contributed by atoms with Crippen molar-refractivity contribution in [3.05, 3.63) is 87.9 Å². The second-order valence-electron chi connectivity index (χ2n) is 4.34. The van der Waals surface area contributed by atoms with E-state index >= 15 is 0 Å². The second kappa shape index (κ2) is 5.08. The molecule has 91 valence electrons. The van der Waals surface area contributed by atoms with Gasteiger partial charge in [0.1, 0.15) is 0 Å². The van der Waals surface area contributed by atoms with Crippen LogP contribution in [0, 0.1) is 0 Å². The molecule has 2 aromatic rings. The molecule has 0 heterocycles. The normalized spacial score (nSPS) is 18.4. The molecule has 0 aliphatic heterocycles. The van der Waals surface area contributed by atoms with Crippen LogP contribution in [-0.4, -0.2) is 0 Å². The summed E-state index contributed by atoms with van der Waals surface area (Å²) in [6, 6.07) is 21.3. The van der Waals surface area contributed by atoms with Crippen molar-refractivity contribution in [1.29, 1.82) is 0 Å². The average Bonchev–Trinajstić information content (AvgIpc) is 2.83. The summed E-state index contributed by atoms with van der Waals surface area (Å²) in [5.41, 5.74) is 4.10. The average molecular weight is 412 g/mol. The number of rotatable bonds is 2. The van der Waals surface area contributed by atoms with Crippen molar-refractivity contribution in [2.24, 2.45) is 0 Å². The van der Waals surface area contributed by atoms with Gasteiger partial charge in [0, 0.05) is 0 Å². The standard InChI is InChI=1S/C17H13.Pt/c1-3-8-14(9-4-1)16-12-7-13-17(16)15-10-5-2-6-11-15;/h1-12,16H;. The zero-order chi connectivity index (χ0) is 12.4. The van der Waals surface area contributed by atoms with Crippen molar-refractivity contribution >= 4 is 5.57 Å². The van der Waals surface area contributed by atoms with Crippen LogP contribution >= 0.6 is 0 Å². The Hall–Kier alpha value is -1.39. The molecule has 0 radical (unpaired) electrons. The molecule has 0 amide bonds. The summed E-state index contributed by atoms with van der Waals surface area (Å²) >= 11 is 2.41. The van der Waals surface area contributed by atoms with Gasteiger partial charge in [-0.2, -0.15) is 0 Å². The van der Waals surface area contributed by atoms with E-state index in [9.17, 15) is 0 Å². The number of benzene rings is 2. The molecule has 0 spiro atoms. The van der Waals surface area contributed by atoms with Crippen molar-refractivity contribution in [3.63, 3.8) is 0 Å². The van der Waals surface area contributed by atoms with Gasteiger partial charge in [0.05, 0.1) is 0 Å². The number of allylic oxidation sites excluding steroid dienone is 4. The van der Waals surface area contributed by atoms with Crippen molar-refractivity contribution in [2.75, 3.05) is 0 Å². The van der Waals surface area contributed by atoms with Gasteiger partial charge in [0.25, 0.3) is 0 Å². The van der Waals surface area contributed by atoms with Crippen LogP contribution in [0.4, 0.5) is 0 Å². The molecule has 0 saturated heterocycles. The first-order valence-corrected chi connectivity index (χ1v) is 7.15. The van der Waals surface area contributed by atoms with Gasteiger partial charge in [-0.3, -0.25) is 0 Å². The van der Waals surface area contributed by atoms with Crippen LogP contribution in [0.3, 0.4) is 0 Å². The zero-order valence-electron chi connectivity index (χ0n) is 9.82.